The molecule has 1 aliphatic rings. The van der Waals surface area contributed by atoms with Crippen molar-refractivity contribution in [3.63, 3.8) is 0 Å². The van der Waals surface area contributed by atoms with E-state index >= 15 is 0 Å². The second-order valence-electron chi connectivity index (χ2n) is 7.96. The zero-order valence-corrected chi connectivity index (χ0v) is 17.3. The molecule has 0 bridgehead atoms. The van der Waals surface area contributed by atoms with Crippen molar-refractivity contribution in [2.75, 3.05) is 19.4 Å². The number of amides is 1. The van der Waals surface area contributed by atoms with Crippen LogP contribution in [-0.2, 0) is 4.74 Å². The van der Waals surface area contributed by atoms with Crippen molar-refractivity contribution in [3.05, 3.63) is 36.2 Å². The number of carbonyl (C=O) groups excluding carboxylic acids is 1. The molecule has 2 N–H and O–H groups in total. The fourth-order valence-corrected chi connectivity index (χ4v) is 3.30. The molecule has 2 heterocycles. The maximum Gasteiger partial charge on any atom is 0.410 e. The van der Waals surface area contributed by atoms with Crippen LogP contribution in [0.4, 0.5) is 10.5 Å². The molecule has 29 heavy (non-hydrogen) atoms. The highest BCUT2D eigenvalue weighted by Gasteiger charge is 2.31. The van der Waals surface area contributed by atoms with Crippen LogP contribution in [0.25, 0.3) is 0 Å². The van der Waals surface area contributed by atoms with Gasteiger partial charge in [0.15, 0.2) is 5.69 Å². The number of nitrogen functional groups attached to an aromatic ring is 1. The Morgan fingerprint density at radius 2 is 1.83 bits per heavy atom. The van der Waals surface area contributed by atoms with Crippen molar-refractivity contribution in [1.29, 1.82) is 0 Å². The number of hydrogen-bond donors (Lipinski definition) is 1. The SMILES string of the molecule is COc1ncnc(Oc2ccc(C3CCCCN3C(=O)OC(C)(C)C)cc2)c1N. The van der Waals surface area contributed by atoms with Crippen LogP contribution in [-0.4, -0.2) is 40.2 Å². The van der Waals surface area contributed by atoms with Gasteiger partial charge in [0.2, 0.25) is 11.8 Å². The van der Waals surface area contributed by atoms with E-state index in [9.17, 15) is 4.79 Å². The molecule has 0 spiro atoms. The molecular formula is C21H28N4O4. The molecule has 0 aliphatic carbocycles. The number of aromatic nitrogens is 2. The highest BCUT2D eigenvalue weighted by Crippen LogP contribution is 2.34. The first-order valence-electron chi connectivity index (χ1n) is 9.70. The van der Waals surface area contributed by atoms with Gasteiger partial charge in [-0.25, -0.2) is 4.79 Å². The zero-order valence-electron chi connectivity index (χ0n) is 17.3. The second kappa shape index (κ2) is 8.55. The highest BCUT2D eigenvalue weighted by atomic mass is 16.6. The molecule has 8 heteroatoms. The van der Waals surface area contributed by atoms with Crippen LogP contribution >= 0.6 is 0 Å². The van der Waals surface area contributed by atoms with E-state index in [0.717, 1.165) is 24.8 Å². The molecule has 1 unspecified atom stereocenters. The van der Waals surface area contributed by atoms with Gasteiger partial charge < -0.3 is 24.8 Å². The van der Waals surface area contributed by atoms with Crippen LogP contribution in [0.2, 0.25) is 0 Å². The summed E-state index contributed by atoms with van der Waals surface area (Å²) >= 11 is 0. The number of anilines is 1. The van der Waals surface area contributed by atoms with Gasteiger partial charge in [0, 0.05) is 6.54 Å². The van der Waals surface area contributed by atoms with Crippen LogP contribution in [0.15, 0.2) is 30.6 Å². The van der Waals surface area contributed by atoms with Gasteiger partial charge in [-0.05, 0) is 57.7 Å². The van der Waals surface area contributed by atoms with E-state index in [1.54, 1.807) is 0 Å². The molecule has 156 valence electrons. The molecule has 1 fully saturated rings. The predicted octanol–water partition coefficient (Wildman–Crippen LogP) is 4.32. The summed E-state index contributed by atoms with van der Waals surface area (Å²) in [7, 11) is 1.48. The van der Waals surface area contributed by atoms with Crippen molar-refractivity contribution in [1.82, 2.24) is 14.9 Å². The van der Waals surface area contributed by atoms with Gasteiger partial charge >= 0.3 is 6.09 Å². The summed E-state index contributed by atoms with van der Waals surface area (Å²) < 4.78 is 16.4. The Hall–Kier alpha value is -3.03. The Morgan fingerprint density at radius 3 is 2.48 bits per heavy atom. The van der Waals surface area contributed by atoms with Gasteiger partial charge in [0.05, 0.1) is 13.2 Å². The average molecular weight is 400 g/mol. The lowest BCUT2D eigenvalue weighted by atomic mass is 9.95. The van der Waals surface area contributed by atoms with Crippen molar-refractivity contribution in [2.45, 2.75) is 51.7 Å². The third-order valence-corrected chi connectivity index (χ3v) is 4.61. The van der Waals surface area contributed by atoms with Gasteiger partial charge in [0.1, 0.15) is 17.7 Å². The Morgan fingerprint density at radius 1 is 1.14 bits per heavy atom. The molecule has 0 saturated carbocycles. The molecule has 1 atom stereocenters. The van der Waals surface area contributed by atoms with E-state index in [1.165, 1.54) is 13.4 Å². The van der Waals surface area contributed by atoms with Crippen LogP contribution < -0.4 is 15.2 Å². The van der Waals surface area contributed by atoms with E-state index in [1.807, 2.05) is 49.9 Å². The minimum absolute atomic E-state index is 0.0168. The number of nitrogens with zero attached hydrogens (tertiary/aromatic N) is 3. The van der Waals surface area contributed by atoms with Gasteiger partial charge in [-0.3, -0.25) is 0 Å². The molecule has 8 nitrogen and oxygen atoms in total. The van der Waals surface area contributed by atoms with E-state index in [2.05, 4.69) is 9.97 Å². The van der Waals surface area contributed by atoms with E-state index < -0.39 is 5.60 Å². The van der Waals surface area contributed by atoms with Crippen LogP contribution in [0.3, 0.4) is 0 Å². The molecular weight excluding hydrogens is 372 g/mol. The molecule has 1 aliphatic heterocycles. The molecule has 1 amide bonds. The maximum atomic E-state index is 12.6. The standard InChI is InChI=1S/C21H28N4O4/c1-21(2,3)29-20(26)25-12-6-5-7-16(25)14-8-10-15(11-9-14)28-19-17(22)18(27-4)23-13-24-19/h8-11,13,16H,5-7,12,22H2,1-4H3. The second-order valence-corrected chi connectivity index (χ2v) is 7.96. The number of carbonyl (C=O) groups is 1. The third kappa shape index (κ3) is 5.07. The number of rotatable bonds is 4. The smallest absolute Gasteiger partial charge is 0.410 e. The van der Waals surface area contributed by atoms with Crippen LogP contribution in [0.5, 0.6) is 17.5 Å². The summed E-state index contributed by atoms with van der Waals surface area (Å²) in [6.07, 6.45) is 4.00. The molecule has 2 aromatic rings. The topological polar surface area (TPSA) is 99.8 Å². The van der Waals surface area contributed by atoms with Gasteiger partial charge in [-0.15, -0.1) is 0 Å². The lowest BCUT2D eigenvalue weighted by Crippen LogP contribution is -2.41. The monoisotopic (exact) mass is 400 g/mol. The lowest BCUT2D eigenvalue weighted by Gasteiger charge is -2.37. The van der Waals surface area contributed by atoms with Crippen LogP contribution in [0.1, 0.15) is 51.6 Å². The fourth-order valence-electron chi connectivity index (χ4n) is 3.30. The Kier molecular flexibility index (Phi) is 6.10. The zero-order chi connectivity index (χ0) is 21.0. The number of benzene rings is 1. The molecule has 0 radical (unpaired) electrons. The van der Waals surface area contributed by atoms with Gasteiger partial charge in [0.25, 0.3) is 0 Å². The maximum absolute atomic E-state index is 12.6. The van der Waals surface area contributed by atoms with Gasteiger partial charge in [-0.1, -0.05) is 12.1 Å². The predicted molar refractivity (Wildman–Crippen MR) is 109 cm³/mol. The average Bonchev–Trinajstić information content (AvgIpc) is 2.69. The number of likely N-dealkylation sites (tertiary alicyclic amines) is 1. The van der Waals surface area contributed by atoms with Crippen molar-refractivity contribution in [3.8, 4) is 17.5 Å². The fraction of sp³-hybridized carbons (Fsp3) is 0.476. The summed E-state index contributed by atoms with van der Waals surface area (Å²) in [6, 6.07) is 7.57. The van der Waals surface area contributed by atoms with E-state index in [-0.39, 0.29) is 29.6 Å². The van der Waals surface area contributed by atoms with Crippen LogP contribution in [0, 0.1) is 0 Å². The van der Waals surface area contributed by atoms with Crippen molar-refractivity contribution in [2.24, 2.45) is 0 Å². The Labute approximate surface area is 171 Å². The number of piperidine rings is 1. The highest BCUT2D eigenvalue weighted by molar-refractivity contribution is 5.69. The summed E-state index contributed by atoms with van der Waals surface area (Å²) in [4.78, 5) is 22.5. The molecule has 1 aromatic carbocycles. The van der Waals surface area contributed by atoms with Gasteiger partial charge in [-0.2, -0.15) is 9.97 Å². The quantitative estimate of drug-likeness (QED) is 0.815. The molecule has 1 aromatic heterocycles. The number of hydrogen-bond acceptors (Lipinski definition) is 7. The summed E-state index contributed by atoms with van der Waals surface area (Å²) in [6.45, 7) is 6.33. The Balaban J connectivity index is 1.75. The Bertz CT molecular complexity index is 849. The molecule has 1 saturated heterocycles. The first-order chi connectivity index (χ1) is 13.8. The van der Waals surface area contributed by atoms with E-state index in [0.29, 0.717) is 12.3 Å². The third-order valence-electron chi connectivity index (χ3n) is 4.61. The van der Waals surface area contributed by atoms with Crippen molar-refractivity contribution >= 4 is 11.8 Å². The minimum Gasteiger partial charge on any atom is -0.479 e. The lowest BCUT2D eigenvalue weighted by molar-refractivity contribution is 0.00951. The minimum atomic E-state index is -0.519. The number of methoxy groups -OCH3 is 1. The molecule has 3 rings (SSSR count). The van der Waals surface area contributed by atoms with Crippen molar-refractivity contribution < 1.29 is 19.0 Å². The number of nitrogens with two attached hydrogens (primary N) is 1. The normalized spacial score (nSPS) is 17.0. The summed E-state index contributed by atoms with van der Waals surface area (Å²) in [5.74, 6) is 1.08. The summed E-state index contributed by atoms with van der Waals surface area (Å²) in [5, 5.41) is 0. The van der Waals surface area contributed by atoms with E-state index in [4.69, 9.17) is 19.9 Å². The summed E-state index contributed by atoms with van der Waals surface area (Å²) in [5.41, 5.74) is 6.72. The first-order valence-corrected chi connectivity index (χ1v) is 9.70. The largest absolute Gasteiger partial charge is 0.479 e. The number of ether oxygens (including phenoxy) is 3. The first kappa shape index (κ1) is 20.7.